The first-order valence-corrected chi connectivity index (χ1v) is 10.1. The highest BCUT2D eigenvalue weighted by molar-refractivity contribution is 7.80. The molecule has 2 N–H and O–H groups in total. The Balaban J connectivity index is 1.52. The summed E-state index contributed by atoms with van der Waals surface area (Å²) in [6.45, 7) is 6.15. The van der Waals surface area contributed by atoms with Crippen molar-refractivity contribution in [3.8, 4) is 5.75 Å². The number of ether oxygens (including phenoxy) is 1. The minimum Gasteiger partial charge on any atom is -0.492 e. The van der Waals surface area contributed by atoms with Crippen molar-refractivity contribution in [3.63, 3.8) is 0 Å². The predicted octanol–water partition coefficient (Wildman–Crippen LogP) is 3.98. The fourth-order valence-corrected chi connectivity index (χ4v) is 3.66. The number of hydrogen-bond donors (Lipinski definition) is 2. The van der Waals surface area contributed by atoms with E-state index in [1.807, 2.05) is 62.4 Å². The lowest BCUT2D eigenvalue weighted by molar-refractivity contribution is 0.0922. The number of carbonyl (C=O) groups excluding carboxylic acids is 1. The molecule has 28 heavy (non-hydrogen) atoms. The van der Waals surface area contributed by atoms with Gasteiger partial charge in [0.05, 0.1) is 12.3 Å². The molecule has 3 rings (SSSR count). The molecule has 1 amide bonds. The lowest BCUT2D eigenvalue weighted by Crippen LogP contribution is -2.47. The van der Waals surface area contributed by atoms with Crippen LogP contribution in [0.25, 0.3) is 0 Å². The molecule has 0 spiro atoms. The van der Waals surface area contributed by atoms with Crippen LogP contribution in [0.5, 0.6) is 5.75 Å². The molecule has 1 aliphatic heterocycles. The van der Waals surface area contributed by atoms with Gasteiger partial charge in [-0.25, -0.2) is 0 Å². The van der Waals surface area contributed by atoms with Crippen molar-refractivity contribution in [1.29, 1.82) is 0 Å². The quantitative estimate of drug-likeness (QED) is 0.748. The van der Waals surface area contributed by atoms with Crippen molar-refractivity contribution in [3.05, 3.63) is 59.7 Å². The highest BCUT2D eigenvalue weighted by Gasteiger charge is 2.23. The molecular formula is C22H27N3O2S. The third-order valence-electron chi connectivity index (χ3n) is 4.94. The summed E-state index contributed by atoms with van der Waals surface area (Å²) in [6, 6.07) is 15.6. The Hall–Kier alpha value is -2.60. The number of carbonyl (C=O) groups is 1. The number of anilines is 1. The summed E-state index contributed by atoms with van der Waals surface area (Å²) in [4.78, 5) is 14.7. The summed E-state index contributed by atoms with van der Waals surface area (Å²) in [5.41, 5.74) is 2.62. The van der Waals surface area contributed by atoms with Crippen molar-refractivity contribution in [2.75, 3.05) is 25.0 Å². The normalized spacial score (nSPS) is 14.4. The monoisotopic (exact) mass is 397 g/mol. The molecule has 0 bridgehead atoms. The number of amides is 1. The van der Waals surface area contributed by atoms with Crippen molar-refractivity contribution in [1.82, 2.24) is 10.2 Å². The lowest BCUT2D eigenvalue weighted by atomic mass is 10.0. The van der Waals surface area contributed by atoms with Gasteiger partial charge in [0.25, 0.3) is 5.91 Å². The maximum absolute atomic E-state index is 12.5. The molecular weight excluding hydrogens is 370 g/mol. The molecule has 148 valence electrons. The number of likely N-dealkylation sites (tertiary alicyclic amines) is 1. The predicted molar refractivity (Wildman–Crippen MR) is 117 cm³/mol. The number of para-hydroxylation sites is 2. The number of piperidine rings is 1. The second-order valence-corrected chi connectivity index (χ2v) is 7.30. The molecule has 6 heteroatoms. The van der Waals surface area contributed by atoms with E-state index in [2.05, 4.69) is 15.5 Å². The van der Waals surface area contributed by atoms with Crippen LogP contribution in [0.4, 0.5) is 5.69 Å². The van der Waals surface area contributed by atoms with Gasteiger partial charge in [-0.15, -0.1) is 0 Å². The average Bonchev–Trinajstić information content (AvgIpc) is 2.70. The highest BCUT2D eigenvalue weighted by Crippen LogP contribution is 2.24. The van der Waals surface area contributed by atoms with Gasteiger partial charge < -0.3 is 20.3 Å². The minimum atomic E-state index is 0.00268. The minimum absolute atomic E-state index is 0.00268. The second-order valence-electron chi connectivity index (χ2n) is 6.91. The summed E-state index contributed by atoms with van der Waals surface area (Å²) in [5, 5.41) is 7.15. The number of aryl methyl sites for hydroxylation is 1. The van der Waals surface area contributed by atoms with Crippen LogP contribution in [0.2, 0.25) is 0 Å². The number of thiocarbonyl (C=S) groups is 1. The van der Waals surface area contributed by atoms with E-state index in [4.69, 9.17) is 17.0 Å². The third kappa shape index (κ3) is 5.01. The molecule has 0 aromatic heterocycles. The van der Waals surface area contributed by atoms with E-state index in [-0.39, 0.29) is 11.9 Å². The fourth-order valence-electron chi connectivity index (χ4n) is 3.36. The van der Waals surface area contributed by atoms with E-state index in [9.17, 15) is 4.79 Å². The number of nitrogens with zero attached hydrogens (tertiary/aromatic N) is 1. The number of benzene rings is 2. The van der Waals surface area contributed by atoms with E-state index < -0.39 is 0 Å². The molecule has 0 unspecified atom stereocenters. The van der Waals surface area contributed by atoms with Crippen LogP contribution in [0.1, 0.15) is 35.7 Å². The van der Waals surface area contributed by atoms with Gasteiger partial charge >= 0.3 is 0 Å². The van der Waals surface area contributed by atoms with Crippen LogP contribution < -0.4 is 15.4 Å². The number of nitrogens with one attached hydrogen (secondary N) is 2. The van der Waals surface area contributed by atoms with Crippen LogP contribution in [0.15, 0.2) is 48.5 Å². The zero-order chi connectivity index (χ0) is 19.9. The molecule has 5 nitrogen and oxygen atoms in total. The van der Waals surface area contributed by atoms with E-state index in [1.165, 1.54) is 0 Å². The Kier molecular flexibility index (Phi) is 6.87. The summed E-state index contributed by atoms with van der Waals surface area (Å²) >= 11 is 5.59. The van der Waals surface area contributed by atoms with Crippen molar-refractivity contribution in [2.45, 2.75) is 32.7 Å². The molecule has 1 aliphatic rings. The van der Waals surface area contributed by atoms with Crippen LogP contribution >= 0.6 is 12.2 Å². The van der Waals surface area contributed by atoms with Crippen molar-refractivity contribution < 1.29 is 9.53 Å². The second kappa shape index (κ2) is 9.55. The van der Waals surface area contributed by atoms with Gasteiger partial charge in [-0.2, -0.15) is 0 Å². The Bertz CT molecular complexity index is 832. The molecule has 1 saturated heterocycles. The molecule has 0 aliphatic carbocycles. The molecule has 0 atom stereocenters. The number of rotatable bonds is 5. The lowest BCUT2D eigenvalue weighted by Gasteiger charge is -2.34. The fraction of sp³-hybridized carbons (Fsp3) is 0.364. The van der Waals surface area contributed by atoms with Crippen LogP contribution in [0, 0.1) is 6.92 Å². The molecule has 1 fully saturated rings. The van der Waals surface area contributed by atoms with Crippen molar-refractivity contribution >= 4 is 28.9 Å². The van der Waals surface area contributed by atoms with Crippen LogP contribution in [-0.4, -0.2) is 41.7 Å². The first-order chi connectivity index (χ1) is 13.6. The summed E-state index contributed by atoms with van der Waals surface area (Å²) < 4.78 is 5.65. The van der Waals surface area contributed by atoms with Gasteiger partial charge in [0.2, 0.25) is 0 Å². The standard InChI is InChI=1S/C22H27N3O2S/c1-3-27-20-11-7-6-10-19(20)24-22(28)25-14-12-17(13-15-25)23-21(26)18-9-5-4-8-16(18)2/h4-11,17H,3,12-15H2,1-2H3,(H,23,26)(H,24,28). The maximum atomic E-state index is 12.5. The Morgan fingerprint density at radius 2 is 1.82 bits per heavy atom. The summed E-state index contributed by atoms with van der Waals surface area (Å²) in [5.74, 6) is 0.802. The smallest absolute Gasteiger partial charge is 0.251 e. The number of hydrogen-bond acceptors (Lipinski definition) is 3. The summed E-state index contributed by atoms with van der Waals surface area (Å²) in [7, 11) is 0. The van der Waals surface area contributed by atoms with Crippen LogP contribution in [-0.2, 0) is 0 Å². The SMILES string of the molecule is CCOc1ccccc1NC(=S)N1CCC(NC(=O)c2ccccc2C)CC1. The molecule has 1 heterocycles. The van der Waals surface area contributed by atoms with E-state index in [0.29, 0.717) is 11.7 Å². The van der Waals surface area contributed by atoms with Crippen LogP contribution in [0.3, 0.4) is 0 Å². The van der Waals surface area contributed by atoms with Gasteiger partial charge in [0, 0.05) is 24.7 Å². The molecule has 0 saturated carbocycles. The van der Waals surface area contributed by atoms with E-state index in [0.717, 1.165) is 48.5 Å². The maximum Gasteiger partial charge on any atom is 0.251 e. The first-order valence-electron chi connectivity index (χ1n) is 9.72. The Morgan fingerprint density at radius 1 is 1.14 bits per heavy atom. The third-order valence-corrected chi connectivity index (χ3v) is 5.30. The van der Waals surface area contributed by atoms with Gasteiger partial charge in [-0.05, 0) is 62.7 Å². The zero-order valence-corrected chi connectivity index (χ0v) is 17.2. The average molecular weight is 398 g/mol. The first kappa shape index (κ1) is 20.1. The van der Waals surface area contributed by atoms with Gasteiger partial charge in [-0.1, -0.05) is 30.3 Å². The van der Waals surface area contributed by atoms with E-state index >= 15 is 0 Å². The Labute approximate surface area is 172 Å². The topological polar surface area (TPSA) is 53.6 Å². The van der Waals surface area contributed by atoms with Crippen molar-refractivity contribution in [2.24, 2.45) is 0 Å². The van der Waals surface area contributed by atoms with Gasteiger partial charge in [-0.3, -0.25) is 4.79 Å². The van der Waals surface area contributed by atoms with Gasteiger partial charge in [0.1, 0.15) is 5.75 Å². The zero-order valence-electron chi connectivity index (χ0n) is 16.4. The molecule has 2 aromatic rings. The highest BCUT2D eigenvalue weighted by atomic mass is 32.1. The van der Waals surface area contributed by atoms with E-state index in [1.54, 1.807) is 0 Å². The van der Waals surface area contributed by atoms with Gasteiger partial charge in [0.15, 0.2) is 5.11 Å². The Morgan fingerprint density at radius 3 is 2.54 bits per heavy atom. The summed E-state index contributed by atoms with van der Waals surface area (Å²) in [6.07, 6.45) is 1.74. The molecule has 2 aromatic carbocycles. The molecule has 0 radical (unpaired) electrons. The largest absolute Gasteiger partial charge is 0.492 e.